The number of nitrogens with one attached hydrogen (secondary N) is 1. The molecule has 5 heterocycles. The highest BCUT2D eigenvalue weighted by Gasteiger charge is 2.34. The fourth-order valence-electron chi connectivity index (χ4n) is 9.75. The Morgan fingerprint density at radius 3 is 0.879 bits per heavy atom. The van der Waals surface area contributed by atoms with Gasteiger partial charge in [-0.15, -0.1) is 25.5 Å². The van der Waals surface area contributed by atoms with Crippen LogP contribution < -0.4 is 5.32 Å². The van der Waals surface area contributed by atoms with Gasteiger partial charge in [0.25, 0.3) is 0 Å². The Labute approximate surface area is 688 Å². The topological polar surface area (TPSA) is 407 Å². The second-order valence-corrected chi connectivity index (χ2v) is 39.2. The molecule has 0 saturated carbocycles. The van der Waals surface area contributed by atoms with Crippen LogP contribution in [0.2, 0.25) is 0 Å². The molecule has 32 nitrogen and oxygen atoms in total. The molecule has 32 heteroatoms. The van der Waals surface area contributed by atoms with Gasteiger partial charge in [0.15, 0.2) is 40.5 Å². The molecule has 0 spiro atoms. The largest absolute Gasteiger partial charge is 0.464 e. The minimum atomic E-state index is -0.596. The zero-order valence-corrected chi connectivity index (χ0v) is 75.8. The maximum atomic E-state index is 12.3. The third-order valence-corrected chi connectivity index (χ3v) is 17.0. The van der Waals surface area contributed by atoms with Crippen LogP contribution >= 0.6 is 0 Å². The lowest BCUT2D eigenvalue weighted by molar-refractivity contribution is -0.144. The van der Waals surface area contributed by atoms with E-state index in [9.17, 15) is 57.5 Å². The molecule has 0 aliphatic rings. The maximum absolute atomic E-state index is 12.3. The minimum Gasteiger partial charge on any atom is -0.464 e. The fourth-order valence-corrected chi connectivity index (χ4v) is 9.75. The predicted molar refractivity (Wildman–Crippen MR) is 439 cm³/mol. The highest BCUT2D eigenvalue weighted by Crippen LogP contribution is 2.29. The van der Waals surface area contributed by atoms with Gasteiger partial charge in [0.05, 0.1) is 103 Å². The molecule has 0 saturated heterocycles. The summed E-state index contributed by atoms with van der Waals surface area (Å²) in [4.78, 5) is 144. The standard InChI is InChI=1S/C30H47N7O7.C18H28N6O3.C14H26O3.C13H21N3O2.C9H18O/c1-21(38)22(31-25(39)13-16-43-17-14-36-19-23(32-34-36)27(41)29(2,3)4)11-9-8-10-12-26(40)44-18-15-37-20-24(33-35-37)28(42)30(5,6)7;1-17(2,3)15(25)13-11-23(21-19-13)7-9-27-10-8-24-12-14(20-22-24)16(26)18(4,5)6;1-13(2,3)11(15)7-9-17-10-8-12(16)14(4,5)6;1-12(2,3)10(17)8-16-7-9(14-15-16)11(18)13(4,5)6;1-8(2,3)7(10)9(4,5)6/h19-20,22H,8-18H2,1-7H3,(H,31,39);11-12H,7-10H2,1-6H3;7-10H2,1-6H3;7H,8H2,1-6H3;1-6H3/t22-;;;;/m0..../s1. The van der Waals surface area contributed by atoms with Crippen LogP contribution in [0.4, 0.5) is 0 Å². The van der Waals surface area contributed by atoms with Crippen molar-refractivity contribution in [1.82, 2.24) is 80.3 Å². The maximum Gasteiger partial charge on any atom is 0.305 e. The minimum absolute atomic E-state index is 0.0403. The van der Waals surface area contributed by atoms with Crippen molar-refractivity contribution in [2.45, 2.75) is 305 Å². The van der Waals surface area contributed by atoms with Crippen molar-refractivity contribution in [3.05, 3.63) is 59.5 Å². The highest BCUT2D eigenvalue weighted by molar-refractivity contribution is 6.00. The zero-order chi connectivity index (χ0) is 89.6. The number of hydrogen-bond donors (Lipinski definition) is 1. The van der Waals surface area contributed by atoms with Gasteiger partial charge in [-0.1, -0.05) is 247 Å². The first kappa shape index (κ1) is 105. The number of aromatic nitrogens is 15. The van der Waals surface area contributed by atoms with E-state index in [2.05, 4.69) is 56.9 Å². The molecule has 0 aliphatic carbocycles. The Kier molecular flexibility index (Phi) is 41.6. The summed E-state index contributed by atoms with van der Waals surface area (Å²) in [5.74, 6) is -0.342. The number of ketones is 10. The lowest BCUT2D eigenvalue weighted by Gasteiger charge is -2.26. The molecule has 1 amide bonds. The van der Waals surface area contributed by atoms with E-state index in [-0.39, 0.29) is 130 Å². The number of carbonyl (C=O) groups excluding carboxylic acids is 12. The molecule has 5 rings (SSSR count). The van der Waals surface area contributed by atoms with E-state index in [1.807, 2.05) is 208 Å². The lowest BCUT2D eigenvalue weighted by Crippen LogP contribution is -2.40. The van der Waals surface area contributed by atoms with Crippen LogP contribution in [-0.4, -0.2) is 197 Å². The van der Waals surface area contributed by atoms with Gasteiger partial charge < -0.3 is 24.3 Å². The van der Waals surface area contributed by atoms with Gasteiger partial charge in [-0.25, -0.2) is 23.4 Å². The van der Waals surface area contributed by atoms with E-state index >= 15 is 0 Å². The van der Waals surface area contributed by atoms with Crippen molar-refractivity contribution in [1.29, 1.82) is 0 Å². The summed E-state index contributed by atoms with van der Waals surface area (Å²) < 4.78 is 29.3. The number of ether oxygens (including phenoxy) is 4. The predicted octanol–water partition coefficient (Wildman–Crippen LogP) is 12.8. The number of Topliss-reactive ketones (excluding diaryl/α,β-unsaturated/α-hetero) is 10. The number of nitrogens with zero attached hydrogens (tertiary/aromatic N) is 15. The zero-order valence-electron chi connectivity index (χ0n) is 75.8. The number of esters is 1. The number of amides is 1. The van der Waals surface area contributed by atoms with Gasteiger partial charge >= 0.3 is 5.97 Å². The van der Waals surface area contributed by atoms with Crippen LogP contribution in [-0.2, 0) is 85.2 Å². The van der Waals surface area contributed by atoms with Crippen molar-refractivity contribution < 1.29 is 76.5 Å². The van der Waals surface area contributed by atoms with Crippen LogP contribution in [0.25, 0.3) is 0 Å². The van der Waals surface area contributed by atoms with Crippen molar-refractivity contribution in [3.8, 4) is 0 Å². The number of carbonyl (C=O) groups is 12. The highest BCUT2D eigenvalue weighted by atomic mass is 16.5. The molecular formula is C84H140N16O16. The number of hydrogen-bond acceptors (Lipinski definition) is 26. The van der Waals surface area contributed by atoms with Crippen LogP contribution in [0.3, 0.4) is 0 Å². The first-order chi connectivity index (χ1) is 52.8. The molecule has 0 radical (unpaired) electrons. The molecule has 1 atom stereocenters. The summed E-state index contributed by atoms with van der Waals surface area (Å²) in [6, 6.07) is -0.596. The van der Waals surface area contributed by atoms with Crippen LogP contribution in [0.15, 0.2) is 31.0 Å². The van der Waals surface area contributed by atoms with E-state index < -0.39 is 38.5 Å². The third kappa shape index (κ3) is 41.4. The van der Waals surface area contributed by atoms with E-state index in [0.29, 0.717) is 120 Å². The van der Waals surface area contributed by atoms with Crippen molar-refractivity contribution >= 4 is 69.7 Å². The van der Waals surface area contributed by atoms with Gasteiger partial charge in [0.1, 0.15) is 59.0 Å². The Morgan fingerprint density at radius 2 is 0.595 bits per heavy atom. The Bertz CT molecular complexity index is 3900. The molecule has 0 aromatic carbocycles. The first-order valence-corrected chi connectivity index (χ1v) is 39.9. The average Bonchev–Trinajstić information content (AvgIpc) is 1.69. The molecule has 0 aliphatic heterocycles. The summed E-state index contributed by atoms with van der Waals surface area (Å²) in [7, 11) is 0. The van der Waals surface area contributed by atoms with Gasteiger partial charge in [0.2, 0.25) is 5.91 Å². The summed E-state index contributed by atoms with van der Waals surface area (Å²) in [5, 5.41) is 41.8. The van der Waals surface area contributed by atoms with Crippen LogP contribution in [0.1, 0.15) is 318 Å². The van der Waals surface area contributed by atoms with E-state index in [4.69, 9.17) is 18.9 Å². The molecule has 1 N–H and O–H groups in total. The molecule has 652 valence electrons. The Balaban J connectivity index is 0.000000794. The summed E-state index contributed by atoms with van der Waals surface area (Å²) in [6.45, 7) is 61.7. The van der Waals surface area contributed by atoms with E-state index in [1.165, 1.54) is 27.2 Å². The van der Waals surface area contributed by atoms with Crippen molar-refractivity contribution in [2.24, 2.45) is 54.1 Å². The molecular weight excluding hydrogens is 1490 g/mol. The second kappa shape index (κ2) is 45.8. The summed E-state index contributed by atoms with van der Waals surface area (Å²) in [6.07, 6.45) is 11.6. The molecule has 5 aromatic heterocycles. The molecule has 0 unspecified atom stereocenters. The molecule has 0 bridgehead atoms. The lowest BCUT2D eigenvalue weighted by atomic mass is 9.76. The Hall–Kier alpha value is -8.78. The quantitative estimate of drug-likeness (QED) is 0.0221. The summed E-state index contributed by atoms with van der Waals surface area (Å²) >= 11 is 0. The first-order valence-electron chi connectivity index (χ1n) is 39.9. The second-order valence-electron chi connectivity index (χ2n) is 39.2. The van der Waals surface area contributed by atoms with E-state index in [1.54, 1.807) is 34.2 Å². The number of unbranched alkanes of at least 4 members (excludes halogenated alkanes) is 2. The van der Waals surface area contributed by atoms with Crippen molar-refractivity contribution in [2.75, 3.05) is 46.2 Å². The SMILES string of the molecule is CC(=O)[C@H](CCCCCC(=O)OCCn1cc(C(=O)C(C)(C)C)nn1)NC(=O)CCOCCn1cc(C(=O)C(C)(C)C)nn1.CC(C)(C)C(=O)C(C)(C)C.CC(C)(C)C(=O)CCOCCC(=O)C(C)(C)C.CC(C)(C)C(=O)Cn1cc(C(=O)C(C)(C)C)nn1.CC(C)(C)C(=O)c1cn(CCOCCn2cc(C(=O)C(C)(C)C)nn2)nn1. The smallest absolute Gasteiger partial charge is 0.305 e. The van der Waals surface area contributed by atoms with Crippen LogP contribution in [0, 0.1) is 54.1 Å². The third-order valence-electron chi connectivity index (χ3n) is 17.0. The fraction of sp³-hybridized carbons (Fsp3) is 0.738. The number of rotatable bonds is 36. The molecule has 0 fully saturated rings. The van der Waals surface area contributed by atoms with Gasteiger partial charge in [-0.2, -0.15) is 0 Å². The Morgan fingerprint density at radius 1 is 0.319 bits per heavy atom. The normalized spacial score (nSPS) is 12.6. The van der Waals surface area contributed by atoms with Gasteiger partial charge in [-0.05, 0) is 19.8 Å². The van der Waals surface area contributed by atoms with Crippen LogP contribution in [0.5, 0.6) is 0 Å². The van der Waals surface area contributed by atoms with Gasteiger partial charge in [0, 0.05) is 79.8 Å². The van der Waals surface area contributed by atoms with Gasteiger partial charge in [-0.3, -0.25) is 57.5 Å². The summed E-state index contributed by atoms with van der Waals surface area (Å²) in [5.41, 5.74) is -2.35. The molecule has 116 heavy (non-hydrogen) atoms. The monoisotopic (exact) mass is 1630 g/mol. The van der Waals surface area contributed by atoms with E-state index in [0.717, 1.165) is 0 Å². The average molecular weight is 1630 g/mol. The van der Waals surface area contributed by atoms with Crippen molar-refractivity contribution in [3.63, 3.8) is 0 Å². The molecule has 5 aromatic rings.